The summed E-state index contributed by atoms with van der Waals surface area (Å²) in [7, 11) is 0. The van der Waals surface area contributed by atoms with Gasteiger partial charge >= 0.3 is 5.97 Å². The van der Waals surface area contributed by atoms with E-state index in [-0.39, 0.29) is 38.2 Å². The van der Waals surface area contributed by atoms with Crippen LogP contribution in [0.4, 0.5) is 0 Å². The van der Waals surface area contributed by atoms with Gasteiger partial charge in [-0.1, -0.05) is 12.1 Å². The Morgan fingerprint density at radius 2 is 0.688 bits per heavy atom. The Hall–Kier alpha value is -2.61. The monoisotopic (exact) mass is 689 g/mol. The van der Waals surface area contributed by atoms with Gasteiger partial charge in [-0.25, -0.2) is 4.79 Å². The molecule has 0 aromatic heterocycles. The van der Waals surface area contributed by atoms with Gasteiger partial charge in [0.1, 0.15) is 6.61 Å². The van der Waals surface area contributed by atoms with Gasteiger partial charge in [0.15, 0.2) is 0 Å². The van der Waals surface area contributed by atoms with Crippen molar-refractivity contribution in [3.63, 3.8) is 0 Å². The molecule has 0 bridgehead atoms. The second kappa shape index (κ2) is 29.3. The molecule has 0 aliphatic carbocycles. The molecule has 0 spiro atoms. The molecule has 274 valence electrons. The quantitative estimate of drug-likeness (QED) is 0.0772. The number of fused-ring (bicyclic) bond motifs is 1. The molecule has 1 aliphatic rings. The summed E-state index contributed by atoms with van der Waals surface area (Å²) in [5, 5.41) is 8.42. The summed E-state index contributed by atoms with van der Waals surface area (Å²) in [6.07, 6.45) is 0. The number of hydrogen-bond donors (Lipinski definition) is 1. The van der Waals surface area contributed by atoms with Crippen LogP contribution in [0, 0.1) is 0 Å². The molecule has 0 unspecified atom stereocenters. The summed E-state index contributed by atoms with van der Waals surface area (Å²) in [4.78, 5) is 36.1. The average molecular weight is 690 g/mol. The van der Waals surface area contributed by atoms with Crippen molar-refractivity contribution in [2.24, 2.45) is 0 Å². The number of carboxylic acids is 1. The van der Waals surface area contributed by atoms with Crippen molar-refractivity contribution < 1.29 is 71.6 Å². The Morgan fingerprint density at radius 3 is 0.958 bits per heavy atom. The van der Waals surface area contributed by atoms with Gasteiger partial charge in [-0.3, -0.25) is 14.5 Å². The smallest absolute Gasteiger partial charge is 0.329 e. The predicted molar refractivity (Wildman–Crippen MR) is 168 cm³/mol. The number of amides is 2. The van der Waals surface area contributed by atoms with Crippen LogP contribution in [0.3, 0.4) is 0 Å². The predicted octanol–water partition coefficient (Wildman–Crippen LogP) is 0.550. The molecule has 1 heterocycles. The molecular weight excluding hydrogens is 638 g/mol. The maximum Gasteiger partial charge on any atom is 0.329 e. The van der Waals surface area contributed by atoms with Crippen molar-refractivity contribution in [2.45, 2.75) is 0 Å². The highest BCUT2D eigenvalue weighted by atomic mass is 16.6. The second-order valence-corrected chi connectivity index (χ2v) is 9.88. The minimum absolute atomic E-state index is 0.208. The molecule has 0 saturated carbocycles. The lowest BCUT2D eigenvalue weighted by atomic mass is 10.1. The first-order chi connectivity index (χ1) is 23.6. The molecule has 0 saturated heterocycles. The van der Waals surface area contributed by atoms with Gasteiger partial charge < -0.3 is 57.2 Å². The van der Waals surface area contributed by atoms with Crippen molar-refractivity contribution in [1.29, 1.82) is 0 Å². The van der Waals surface area contributed by atoms with Crippen LogP contribution in [0.15, 0.2) is 24.3 Å². The van der Waals surface area contributed by atoms with E-state index in [1.165, 1.54) is 4.90 Å². The molecular formula is C32H51NO15. The van der Waals surface area contributed by atoms with Gasteiger partial charge in [0.05, 0.1) is 156 Å². The summed E-state index contributed by atoms with van der Waals surface area (Å²) in [6.45, 7) is 8.68. The molecule has 1 N–H and O–H groups in total. The SMILES string of the molecule is O=C(O)COCCOCCOCCOCCOCCOCCOCCOCCOCCOCCOCCN1C(=O)c2ccccc2C1=O. The first-order valence-corrected chi connectivity index (χ1v) is 16.1. The Labute approximate surface area is 281 Å². The lowest BCUT2D eigenvalue weighted by molar-refractivity contribution is -0.142. The van der Waals surface area contributed by atoms with Crippen molar-refractivity contribution >= 4 is 17.8 Å². The highest BCUT2D eigenvalue weighted by Crippen LogP contribution is 2.21. The molecule has 16 nitrogen and oxygen atoms in total. The number of carbonyl (C=O) groups is 3. The third kappa shape index (κ3) is 20.7. The number of hydrogen-bond acceptors (Lipinski definition) is 14. The number of aliphatic carboxylic acids is 1. The lowest BCUT2D eigenvalue weighted by Crippen LogP contribution is -2.33. The van der Waals surface area contributed by atoms with Crippen molar-refractivity contribution in [3.05, 3.63) is 35.4 Å². The molecule has 2 rings (SSSR count). The van der Waals surface area contributed by atoms with E-state index in [1.807, 2.05) is 0 Å². The van der Waals surface area contributed by atoms with Crippen molar-refractivity contribution in [1.82, 2.24) is 4.90 Å². The molecule has 48 heavy (non-hydrogen) atoms. The van der Waals surface area contributed by atoms with E-state index in [0.717, 1.165) is 0 Å². The maximum absolute atomic E-state index is 12.3. The summed E-state index contributed by atoms with van der Waals surface area (Å²) in [5.74, 6) is -1.57. The molecule has 2 amide bonds. The Morgan fingerprint density at radius 1 is 0.438 bits per heavy atom. The fourth-order valence-electron chi connectivity index (χ4n) is 3.96. The van der Waals surface area contributed by atoms with E-state index in [4.69, 9.17) is 57.2 Å². The minimum atomic E-state index is -1.00. The van der Waals surface area contributed by atoms with E-state index in [9.17, 15) is 14.4 Å². The van der Waals surface area contributed by atoms with Crippen LogP contribution in [0.25, 0.3) is 0 Å². The number of rotatable bonds is 35. The summed E-state index contributed by atoms with van der Waals surface area (Å²) in [5.41, 5.74) is 0.873. The van der Waals surface area contributed by atoms with E-state index in [1.54, 1.807) is 24.3 Å². The van der Waals surface area contributed by atoms with Crippen LogP contribution in [-0.2, 0) is 56.9 Å². The normalized spacial score (nSPS) is 12.7. The van der Waals surface area contributed by atoms with Crippen LogP contribution in [0.2, 0.25) is 0 Å². The Bertz CT molecular complexity index is 948. The van der Waals surface area contributed by atoms with E-state index < -0.39 is 5.97 Å². The topological polar surface area (TPSA) is 176 Å². The summed E-state index contributed by atoms with van der Waals surface area (Å²) < 4.78 is 59.1. The number of ether oxygens (including phenoxy) is 11. The van der Waals surface area contributed by atoms with Crippen molar-refractivity contribution in [2.75, 3.05) is 152 Å². The number of carboxylic acid groups (broad SMARTS) is 1. The third-order valence-electron chi connectivity index (χ3n) is 6.28. The summed E-state index contributed by atoms with van der Waals surface area (Å²) in [6, 6.07) is 6.80. The summed E-state index contributed by atoms with van der Waals surface area (Å²) >= 11 is 0. The van der Waals surface area contributed by atoms with Crippen LogP contribution >= 0.6 is 0 Å². The molecule has 1 aromatic carbocycles. The zero-order valence-corrected chi connectivity index (χ0v) is 27.7. The van der Waals surface area contributed by atoms with Gasteiger partial charge in [-0.15, -0.1) is 0 Å². The van der Waals surface area contributed by atoms with Crippen LogP contribution < -0.4 is 0 Å². The second-order valence-electron chi connectivity index (χ2n) is 9.88. The number of imide groups is 1. The van der Waals surface area contributed by atoms with Gasteiger partial charge in [-0.05, 0) is 12.1 Å². The number of nitrogens with zero attached hydrogens (tertiary/aromatic N) is 1. The van der Waals surface area contributed by atoms with Gasteiger partial charge in [0, 0.05) is 0 Å². The number of benzene rings is 1. The zero-order chi connectivity index (χ0) is 34.3. The highest BCUT2D eigenvalue weighted by molar-refractivity contribution is 6.21. The maximum atomic E-state index is 12.3. The molecule has 16 heteroatoms. The first-order valence-electron chi connectivity index (χ1n) is 16.1. The molecule has 0 fully saturated rings. The largest absolute Gasteiger partial charge is 0.480 e. The van der Waals surface area contributed by atoms with E-state index in [2.05, 4.69) is 0 Å². The molecule has 1 aromatic rings. The fourth-order valence-corrected chi connectivity index (χ4v) is 3.96. The lowest BCUT2D eigenvalue weighted by Gasteiger charge is -2.13. The molecule has 0 atom stereocenters. The van der Waals surface area contributed by atoms with Gasteiger partial charge in [0.2, 0.25) is 0 Å². The molecule has 1 aliphatic heterocycles. The van der Waals surface area contributed by atoms with E-state index >= 15 is 0 Å². The van der Waals surface area contributed by atoms with E-state index in [0.29, 0.717) is 137 Å². The average Bonchev–Trinajstić information content (AvgIpc) is 3.33. The highest BCUT2D eigenvalue weighted by Gasteiger charge is 2.34. The third-order valence-corrected chi connectivity index (χ3v) is 6.28. The minimum Gasteiger partial charge on any atom is -0.480 e. The fraction of sp³-hybridized carbons (Fsp3) is 0.719. The first kappa shape index (κ1) is 41.6. The van der Waals surface area contributed by atoms with Gasteiger partial charge in [-0.2, -0.15) is 0 Å². The van der Waals surface area contributed by atoms with Crippen LogP contribution in [-0.4, -0.2) is 180 Å². The Balaban J connectivity index is 1.18. The standard InChI is InChI=1S/C32H51NO15/c34-30(35)27-48-26-25-47-24-23-46-22-21-45-20-19-44-18-17-43-16-15-42-14-13-41-12-11-40-10-9-39-8-7-38-6-5-33-31(36)28-3-1-2-4-29(28)32(33)37/h1-4H,5-27H2,(H,34,35). The Kier molecular flexibility index (Phi) is 25.4. The number of carbonyl (C=O) groups excluding carboxylic acids is 2. The van der Waals surface area contributed by atoms with Crippen LogP contribution in [0.5, 0.6) is 0 Å². The van der Waals surface area contributed by atoms with Gasteiger partial charge in [0.25, 0.3) is 11.8 Å². The molecule has 0 radical (unpaired) electrons. The van der Waals surface area contributed by atoms with Crippen LogP contribution in [0.1, 0.15) is 20.7 Å². The van der Waals surface area contributed by atoms with Crippen molar-refractivity contribution in [3.8, 4) is 0 Å². The zero-order valence-electron chi connectivity index (χ0n) is 27.7.